The molecule has 1 atom stereocenters. The number of anilines is 1. The molecule has 1 aromatic carbocycles. The van der Waals surface area contributed by atoms with Gasteiger partial charge in [0.15, 0.2) is 0 Å². The molecule has 0 amide bonds. The number of rotatable bonds is 8. The number of hydrogen-bond acceptors (Lipinski definition) is 8. The van der Waals surface area contributed by atoms with Crippen LogP contribution in [0.3, 0.4) is 0 Å². The molecule has 0 saturated heterocycles. The Kier molecular flexibility index (Phi) is 6.66. The zero-order chi connectivity index (χ0) is 21.0. The van der Waals surface area contributed by atoms with Crippen LogP contribution in [0.25, 0.3) is 10.2 Å². The second-order valence-corrected chi connectivity index (χ2v) is 7.82. The highest BCUT2D eigenvalue weighted by Crippen LogP contribution is 2.34. The molecular weight excluding hydrogens is 388 g/mol. The second-order valence-electron chi connectivity index (χ2n) is 6.82. The Balaban J connectivity index is 1.89. The number of nitrogens with zero attached hydrogens (tertiary/aromatic N) is 3. The number of fused-ring (bicyclic) bond motifs is 1. The summed E-state index contributed by atoms with van der Waals surface area (Å²) in [5.41, 5.74) is 1.98. The number of aromatic nitrogens is 2. The third kappa shape index (κ3) is 4.49. The van der Waals surface area contributed by atoms with Crippen molar-refractivity contribution in [3.05, 3.63) is 46.6 Å². The number of aryl methyl sites for hydroxylation is 1. The molecule has 0 spiro atoms. The lowest BCUT2D eigenvalue weighted by atomic mass is 10.1. The number of esters is 1. The molecule has 8 heteroatoms. The summed E-state index contributed by atoms with van der Waals surface area (Å²) in [7, 11) is 5.74. The Labute approximate surface area is 174 Å². The lowest BCUT2D eigenvalue weighted by Crippen LogP contribution is -2.27. The van der Waals surface area contributed by atoms with Gasteiger partial charge in [-0.15, -0.1) is 11.3 Å². The largest absolute Gasteiger partial charge is 0.497 e. The first-order chi connectivity index (χ1) is 14.0. The van der Waals surface area contributed by atoms with Gasteiger partial charge in [-0.25, -0.2) is 14.8 Å². The fraction of sp³-hybridized carbons (Fsp3) is 0.381. The van der Waals surface area contributed by atoms with Crippen molar-refractivity contribution in [3.63, 3.8) is 0 Å². The van der Waals surface area contributed by atoms with Gasteiger partial charge in [-0.05, 0) is 51.2 Å². The Morgan fingerprint density at radius 3 is 2.79 bits per heavy atom. The highest BCUT2D eigenvalue weighted by molar-refractivity contribution is 7.20. The fourth-order valence-electron chi connectivity index (χ4n) is 3.24. The van der Waals surface area contributed by atoms with Crippen LogP contribution >= 0.6 is 11.3 Å². The lowest BCUT2D eigenvalue weighted by molar-refractivity contribution is 0.0531. The van der Waals surface area contributed by atoms with Crippen molar-refractivity contribution < 1.29 is 14.3 Å². The van der Waals surface area contributed by atoms with E-state index in [0.29, 0.717) is 23.8 Å². The summed E-state index contributed by atoms with van der Waals surface area (Å²) in [6.07, 6.45) is 1.52. The Morgan fingerprint density at radius 1 is 1.31 bits per heavy atom. The smallest absolute Gasteiger partial charge is 0.348 e. The Hall–Kier alpha value is -2.71. The van der Waals surface area contributed by atoms with Gasteiger partial charge in [0.2, 0.25) is 0 Å². The van der Waals surface area contributed by atoms with Crippen LogP contribution in [0.5, 0.6) is 5.75 Å². The maximum Gasteiger partial charge on any atom is 0.348 e. The first-order valence-corrected chi connectivity index (χ1v) is 10.2. The fourth-order valence-corrected chi connectivity index (χ4v) is 4.28. The summed E-state index contributed by atoms with van der Waals surface area (Å²) in [4.78, 5) is 24.5. The lowest BCUT2D eigenvalue weighted by Gasteiger charge is -2.25. The van der Waals surface area contributed by atoms with Gasteiger partial charge in [0.05, 0.1) is 25.1 Å². The minimum absolute atomic E-state index is 0.110. The minimum atomic E-state index is -0.318. The molecule has 2 heterocycles. The molecule has 0 saturated carbocycles. The van der Waals surface area contributed by atoms with E-state index in [0.717, 1.165) is 27.1 Å². The summed E-state index contributed by atoms with van der Waals surface area (Å²) < 4.78 is 10.5. The zero-order valence-electron chi connectivity index (χ0n) is 17.4. The number of carbonyl (C=O) groups excluding carboxylic acids is 1. The third-order valence-electron chi connectivity index (χ3n) is 4.75. The van der Waals surface area contributed by atoms with Gasteiger partial charge in [0.25, 0.3) is 0 Å². The number of ether oxygens (including phenoxy) is 2. The Bertz CT molecular complexity index is 1000. The van der Waals surface area contributed by atoms with Crippen molar-refractivity contribution in [2.24, 2.45) is 0 Å². The van der Waals surface area contributed by atoms with Crippen molar-refractivity contribution in [2.75, 3.05) is 39.7 Å². The molecular formula is C21H26N4O3S. The molecule has 0 radical (unpaired) electrons. The maximum atomic E-state index is 12.2. The van der Waals surface area contributed by atoms with Crippen LogP contribution < -0.4 is 10.1 Å². The van der Waals surface area contributed by atoms with E-state index in [2.05, 4.69) is 26.3 Å². The molecule has 3 aromatic rings. The van der Waals surface area contributed by atoms with E-state index in [1.165, 1.54) is 17.7 Å². The number of benzene rings is 1. The first kappa shape index (κ1) is 21.0. The molecule has 3 rings (SSSR count). The van der Waals surface area contributed by atoms with Gasteiger partial charge < -0.3 is 19.7 Å². The maximum absolute atomic E-state index is 12.2. The Morgan fingerprint density at radius 2 is 2.10 bits per heavy atom. The van der Waals surface area contributed by atoms with E-state index >= 15 is 0 Å². The third-order valence-corrected chi connectivity index (χ3v) is 5.93. The topological polar surface area (TPSA) is 76.6 Å². The summed E-state index contributed by atoms with van der Waals surface area (Å²) in [6.45, 7) is 4.68. The van der Waals surface area contributed by atoms with E-state index in [9.17, 15) is 4.79 Å². The van der Waals surface area contributed by atoms with Crippen LogP contribution in [0.2, 0.25) is 0 Å². The SMILES string of the molecule is CCOC(=O)c1sc2ncnc(NCC(c3cccc(OC)c3)N(C)C)c2c1C. The van der Waals surface area contributed by atoms with Crippen LogP contribution in [-0.2, 0) is 4.74 Å². The number of likely N-dealkylation sites (N-methyl/N-ethyl adjacent to an activating group) is 1. The predicted octanol–water partition coefficient (Wildman–Crippen LogP) is 3.90. The monoisotopic (exact) mass is 414 g/mol. The average Bonchev–Trinajstić information content (AvgIpc) is 3.06. The van der Waals surface area contributed by atoms with Crippen molar-refractivity contribution in [3.8, 4) is 5.75 Å². The van der Waals surface area contributed by atoms with Crippen molar-refractivity contribution >= 4 is 33.3 Å². The minimum Gasteiger partial charge on any atom is -0.497 e. The molecule has 2 aromatic heterocycles. The molecule has 0 aliphatic rings. The van der Waals surface area contributed by atoms with E-state index < -0.39 is 0 Å². The number of hydrogen-bond donors (Lipinski definition) is 1. The van der Waals surface area contributed by atoms with E-state index in [4.69, 9.17) is 9.47 Å². The number of methoxy groups -OCH3 is 1. The van der Waals surface area contributed by atoms with Gasteiger partial charge in [-0.2, -0.15) is 0 Å². The first-order valence-electron chi connectivity index (χ1n) is 9.41. The van der Waals surface area contributed by atoms with E-state index in [1.54, 1.807) is 14.0 Å². The molecule has 7 nitrogen and oxygen atoms in total. The molecule has 0 aliphatic heterocycles. The van der Waals surface area contributed by atoms with Gasteiger partial charge in [0, 0.05) is 6.54 Å². The highest BCUT2D eigenvalue weighted by Gasteiger charge is 2.21. The quantitative estimate of drug-likeness (QED) is 0.560. The normalized spacial score (nSPS) is 12.2. The van der Waals surface area contributed by atoms with Gasteiger partial charge in [0.1, 0.15) is 27.6 Å². The highest BCUT2D eigenvalue weighted by atomic mass is 32.1. The van der Waals surface area contributed by atoms with E-state index in [1.807, 2.05) is 39.2 Å². The standard InChI is InChI=1S/C21H26N4O3S/c1-6-28-21(26)18-13(2)17-19(23-12-24-20(17)29-18)22-11-16(25(3)4)14-8-7-9-15(10-14)27-5/h7-10,12,16H,6,11H2,1-5H3,(H,22,23,24). The summed E-state index contributed by atoms with van der Waals surface area (Å²) in [6, 6.07) is 8.15. The number of carbonyl (C=O) groups is 1. The van der Waals surface area contributed by atoms with Crippen molar-refractivity contribution in [1.82, 2.24) is 14.9 Å². The number of nitrogens with one attached hydrogen (secondary N) is 1. The second kappa shape index (κ2) is 9.19. The number of thiophene rings is 1. The summed E-state index contributed by atoms with van der Waals surface area (Å²) in [5, 5.41) is 4.32. The summed E-state index contributed by atoms with van der Waals surface area (Å²) >= 11 is 1.34. The average molecular weight is 415 g/mol. The molecule has 0 bridgehead atoms. The summed E-state index contributed by atoms with van der Waals surface area (Å²) in [5.74, 6) is 1.22. The molecule has 0 aliphatic carbocycles. The molecule has 154 valence electrons. The molecule has 1 N–H and O–H groups in total. The molecule has 29 heavy (non-hydrogen) atoms. The van der Waals surface area contributed by atoms with Crippen LogP contribution in [0.15, 0.2) is 30.6 Å². The molecule has 0 fully saturated rings. The van der Waals surface area contributed by atoms with Crippen molar-refractivity contribution in [2.45, 2.75) is 19.9 Å². The van der Waals surface area contributed by atoms with Crippen LogP contribution in [0.4, 0.5) is 5.82 Å². The van der Waals surface area contributed by atoms with Gasteiger partial charge in [-0.3, -0.25) is 0 Å². The van der Waals surface area contributed by atoms with Crippen LogP contribution in [0, 0.1) is 6.92 Å². The zero-order valence-corrected chi connectivity index (χ0v) is 18.2. The van der Waals surface area contributed by atoms with Gasteiger partial charge >= 0.3 is 5.97 Å². The predicted molar refractivity (Wildman–Crippen MR) is 116 cm³/mol. The van der Waals surface area contributed by atoms with E-state index in [-0.39, 0.29) is 12.0 Å². The van der Waals surface area contributed by atoms with Crippen LogP contribution in [0.1, 0.15) is 33.8 Å². The van der Waals surface area contributed by atoms with Gasteiger partial charge in [-0.1, -0.05) is 12.1 Å². The van der Waals surface area contributed by atoms with Crippen LogP contribution in [-0.4, -0.2) is 55.2 Å². The molecule has 1 unspecified atom stereocenters. The van der Waals surface area contributed by atoms with Crippen molar-refractivity contribution in [1.29, 1.82) is 0 Å².